The Hall–Kier alpha value is -2.77. The van der Waals surface area contributed by atoms with Crippen LogP contribution in [0, 0.1) is 12.3 Å². The summed E-state index contributed by atoms with van der Waals surface area (Å²) < 4.78 is 1.60. The molecule has 4 rings (SSSR count). The zero-order chi connectivity index (χ0) is 19.9. The molecule has 2 aromatic rings. The number of rotatable bonds is 3. The lowest BCUT2D eigenvalue weighted by Crippen LogP contribution is -2.52. The second kappa shape index (κ2) is 7.00. The van der Waals surface area contributed by atoms with E-state index < -0.39 is 5.41 Å². The van der Waals surface area contributed by atoms with E-state index in [4.69, 9.17) is 0 Å². The lowest BCUT2D eigenvalue weighted by atomic mass is 9.78. The third-order valence-electron chi connectivity index (χ3n) is 6.00. The number of aryl methyl sites for hydroxylation is 1. The molecule has 2 aliphatic rings. The van der Waals surface area contributed by atoms with E-state index in [1.165, 1.54) is 0 Å². The van der Waals surface area contributed by atoms with Gasteiger partial charge in [-0.2, -0.15) is 4.68 Å². The lowest BCUT2D eigenvalue weighted by Gasteiger charge is -2.41. The van der Waals surface area contributed by atoms with Gasteiger partial charge in [-0.1, -0.05) is 6.07 Å². The summed E-state index contributed by atoms with van der Waals surface area (Å²) in [4.78, 5) is 30.0. The molecule has 8 heteroatoms. The Morgan fingerprint density at radius 2 is 2.04 bits per heavy atom. The topological polar surface area (TPSA) is 84.2 Å². The van der Waals surface area contributed by atoms with Crippen LogP contribution >= 0.6 is 0 Å². The summed E-state index contributed by atoms with van der Waals surface area (Å²) in [6.45, 7) is 7.86. The Morgan fingerprint density at radius 1 is 1.21 bits per heavy atom. The molecule has 1 aromatic heterocycles. The van der Waals surface area contributed by atoms with Gasteiger partial charge in [0, 0.05) is 31.2 Å². The quantitative estimate of drug-likeness (QED) is 0.809. The largest absolute Gasteiger partial charge is 0.340 e. The minimum Gasteiger partial charge on any atom is -0.340 e. The van der Waals surface area contributed by atoms with Crippen molar-refractivity contribution in [3.05, 3.63) is 35.7 Å². The average molecular weight is 382 g/mol. The molecule has 2 saturated heterocycles. The second-order valence-corrected chi connectivity index (χ2v) is 8.14. The molecular formula is C20H26N6O2. The molecule has 0 radical (unpaired) electrons. The van der Waals surface area contributed by atoms with E-state index >= 15 is 0 Å². The number of hydrogen-bond donors (Lipinski definition) is 0. The molecule has 1 spiro atoms. The monoisotopic (exact) mass is 382 g/mol. The van der Waals surface area contributed by atoms with Gasteiger partial charge in [0.15, 0.2) is 5.82 Å². The smallest absolute Gasteiger partial charge is 0.253 e. The maximum atomic E-state index is 13.1. The van der Waals surface area contributed by atoms with E-state index in [1.807, 2.05) is 28.9 Å². The Morgan fingerprint density at radius 3 is 2.75 bits per heavy atom. The predicted octanol–water partition coefficient (Wildman–Crippen LogP) is 1.83. The molecule has 2 amide bonds. The minimum atomic E-state index is -0.414. The first-order chi connectivity index (χ1) is 13.4. The summed E-state index contributed by atoms with van der Waals surface area (Å²) in [6.07, 6.45) is 2.61. The van der Waals surface area contributed by atoms with Crippen molar-refractivity contribution < 1.29 is 9.59 Å². The predicted molar refractivity (Wildman–Crippen MR) is 103 cm³/mol. The van der Waals surface area contributed by atoms with Crippen molar-refractivity contribution in [2.75, 3.05) is 19.6 Å². The number of aromatic nitrogens is 4. The normalized spacial score (nSPS) is 22.5. The van der Waals surface area contributed by atoms with E-state index in [1.54, 1.807) is 16.8 Å². The molecule has 0 aliphatic carbocycles. The summed E-state index contributed by atoms with van der Waals surface area (Å²) in [5.74, 6) is 0.826. The van der Waals surface area contributed by atoms with E-state index in [0.29, 0.717) is 24.5 Å². The summed E-state index contributed by atoms with van der Waals surface area (Å²) >= 11 is 0. The molecule has 0 saturated carbocycles. The molecule has 8 nitrogen and oxygen atoms in total. The van der Waals surface area contributed by atoms with Crippen LogP contribution in [0.3, 0.4) is 0 Å². The fourth-order valence-electron chi connectivity index (χ4n) is 4.44. The van der Waals surface area contributed by atoms with Crippen LogP contribution in [-0.4, -0.2) is 67.5 Å². The number of hydrogen-bond acceptors (Lipinski definition) is 5. The number of carbonyl (C=O) groups excluding carboxylic acids is 2. The zero-order valence-corrected chi connectivity index (χ0v) is 16.6. The van der Waals surface area contributed by atoms with Crippen molar-refractivity contribution >= 4 is 11.8 Å². The molecule has 0 N–H and O–H groups in total. The fraction of sp³-hybridized carbons (Fsp3) is 0.550. The van der Waals surface area contributed by atoms with Gasteiger partial charge >= 0.3 is 0 Å². The van der Waals surface area contributed by atoms with Crippen LogP contribution in [0.2, 0.25) is 0 Å². The van der Waals surface area contributed by atoms with Gasteiger partial charge < -0.3 is 9.80 Å². The highest BCUT2D eigenvalue weighted by atomic mass is 16.2. The first-order valence-electron chi connectivity index (χ1n) is 9.87. The number of benzene rings is 1. The van der Waals surface area contributed by atoms with Crippen molar-refractivity contribution in [1.82, 2.24) is 30.0 Å². The molecule has 0 unspecified atom stereocenters. The van der Waals surface area contributed by atoms with E-state index in [0.717, 1.165) is 31.5 Å². The van der Waals surface area contributed by atoms with Crippen LogP contribution in [0.25, 0.3) is 5.69 Å². The van der Waals surface area contributed by atoms with Gasteiger partial charge in [0.2, 0.25) is 5.91 Å². The van der Waals surface area contributed by atoms with Crippen molar-refractivity contribution in [3.8, 4) is 5.69 Å². The van der Waals surface area contributed by atoms with Gasteiger partial charge in [0.1, 0.15) is 0 Å². The van der Waals surface area contributed by atoms with Crippen molar-refractivity contribution in [2.45, 2.75) is 46.1 Å². The highest BCUT2D eigenvalue weighted by Crippen LogP contribution is 2.41. The molecule has 1 aromatic carbocycles. The average Bonchev–Trinajstić information content (AvgIpc) is 3.30. The Kier molecular flexibility index (Phi) is 4.64. The van der Waals surface area contributed by atoms with Crippen LogP contribution in [0.1, 0.15) is 49.3 Å². The number of nitrogens with zero attached hydrogens (tertiary/aromatic N) is 6. The maximum Gasteiger partial charge on any atom is 0.253 e. The summed E-state index contributed by atoms with van der Waals surface area (Å²) in [7, 11) is 0. The van der Waals surface area contributed by atoms with Crippen LogP contribution in [0.4, 0.5) is 0 Å². The molecule has 148 valence electrons. The Bertz CT molecular complexity index is 908. The SMILES string of the molecule is Cc1nnnn1-c1cccc(C(=O)N2CC[C@@]3(CCCN(C(C)C)C3=O)C2)c1. The summed E-state index contributed by atoms with van der Waals surface area (Å²) in [6, 6.07) is 7.52. The van der Waals surface area contributed by atoms with Crippen LogP contribution in [-0.2, 0) is 4.79 Å². The van der Waals surface area contributed by atoms with E-state index in [9.17, 15) is 9.59 Å². The van der Waals surface area contributed by atoms with Gasteiger partial charge in [-0.25, -0.2) is 0 Å². The Balaban J connectivity index is 1.54. The third-order valence-corrected chi connectivity index (χ3v) is 6.00. The molecule has 28 heavy (non-hydrogen) atoms. The van der Waals surface area contributed by atoms with Crippen molar-refractivity contribution in [1.29, 1.82) is 0 Å². The van der Waals surface area contributed by atoms with Crippen LogP contribution in [0.15, 0.2) is 24.3 Å². The standard InChI is InChI=1S/C20H26N6O2/c1-14(2)25-10-5-8-20(19(25)28)9-11-24(13-20)18(27)16-6-4-7-17(12-16)26-15(3)21-22-23-26/h4,6-7,12,14H,5,8-11,13H2,1-3H3/t20-/m0/s1. The number of amides is 2. The van der Waals surface area contributed by atoms with Crippen LogP contribution < -0.4 is 0 Å². The lowest BCUT2D eigenvalue weighted by molar-refractivity contribution is -0.147. The minimum absolute atomic E-state index is 0.0427. The molecule has 3 heterocycles. The second-order valence-electron chi connectivity index (χ2n) is 8.14. The summed E-state index contributed by atoms with van der Waals surface area (Å²) in [5, 5.41) is 11.5. The van der Waals surface area contributed by atoms with Crippen LogP contribution in [0.5, 0.6) is 0 Å². The third kappa shape index (κ3) is 3.06. The molecule has 1 atom stereocenters. The van der Waals surface area contributed by atoms with Gasteiger partial charge in [-0.05, 0) is 68.7 Å². The summed E-state index contributed by atoms with van der Waals surface area (Å²) in [5.41, 5.74) is 0.928. The highest BCUT2D eigenvalue weighted by molar-refractivity contribution is 5.96. The highest BCUT2D eigenvalue weighted by Gasteiger charge is 2.49. The van der Waals surface area contributed by atoms with E-state index in [-0.39, 0.29) is 17.9 Å². The number of carbonyl (C=O) groups is 2. The maximum absolute atomic E-state index is 13.1. The fourth-order valence-corrected chi connectivity index (χ4v) is 4.44. The van der Waals surface area contributed by atoms with Gasteiger partial charge in [-0.15, -0.1) is 5.10 Å². The Labute approximate surface area is 164 Å². The molecule has 2 aliphatic heterocycles. The molecule has 0 bridgehead atoms. The van der Waals surface area contributed by atoms with Gasteiger partial charge in [0.05, 0.1) is 11.1 Å². The molecule has 2 fully saturated rings. The van der Waals surface area contributed by atoms with Crippen molar-refractivity contribution in [3.63, 3.8) is 0 Å². The zero-order valence-electron chi connectivity index (χ0n) is 16.6. The van der Waals surface area contributed by atoms with Crippen molar-refractivity contribution in [2.24, 2.45) is 5.41 Å². The number of tetrazole rings is 1. The van der Waals surface area contributed by atoms with E-state index in [2.05, 4.69) is 29.4 Å². The van der Waals surface area contributed by atoms with Gasteiger partial charge in [0.25, 0.3) is 5.91 Å². The first kappa shape index (κ1) is 18.6. The van der Waals surface area contributed by atoms with Gasteiger partial charge in [-0.3, -0.25) is 9.59 Å². The molecular weight excluding hydrogens is 356 g/mol. The number of piperidine rings is 1. The number of likely N-dealkylation sites (tertiary alicyclic amines) is 2. The first-order valence-corrected chi connectivity index (χ1v) is 9.87.